The van der Waals surface area contributed by atoms with Gasteiger partial charge in [0.05, 0.1) is 6.61 Å². The molecule has 1 saturated heterocycles. The molecule has 1 heterocycles. The lowest BCUT2D eigenvalue weighted by Crippen LogP contribution is -2.73. The Morgan fingerprint density at radius 1 is 1.00 bits per heavy atom. The zero-order valence-electron chi connectivity index (χ0n) is 16.8. The van der Waals surface area contributed by atoms with Crippen LogP contribution in [0, 0.1) is 0 Å². The second kappa shape index (κ2) is 8.56. The molecule has 1 aliphatic heterocycles. The van der Waals surface area contributed by atoms with Crippen molar-refractivity contribution in [1.82, 2.24) is 10.2 Å². The SMILES string of the molecule is BC(B)(NC)C(B)(B)N1CCN(c2ccc(OCCOC)cc2)CC1. The summed E-state index contributed by atoms with van der Waals surface area (Å²) in [5.41, 5.74) is 1.27. The monoisotopic (exact) mass is 341 g/mol. The highest BCUT2D eigenvalue weighted by Crippen LogP contribution is 2.24. The summed E-state index contributed by atoms with van der Waals surface area (Å²) in [6.07, 6.45) is 0. The van der Waals surface area contributed by atoms with Gasteiger partial charge in [0.2, 0.25) is 0 Å². The van der Waals surface area contributed by atoms with Gasteiger partial charge in [0.25, 0.3) is 0 Å². The van der Waals surface area contributed by atoms with E-state index in [1.807, 2.05) is 19.2 Å². The predicted octanol–water partition coefficient (Wildman–Crippen LogP) is -3.11. The van der Waals surface area contributed by atoms with Gasteiger partial charge < -0.3 is 24.6 Å². The fourth-order valence-electron chi connectivity index (χ4n) is 3.22. The first-order chi connectivity index (χ1) is 11.8. The Morgan fingerprint density at radius 3 is 2.12 bits per heavy atom. The van der Waals surface area contributed by atoms with E-state index < -0.39 is 0 Å². The first kappa shape index (κ1) is 20.3. The van der Waals surface area contributed by atoms with E-state index in [4.69, 9.17) is 9.47 Å². The van der Waals surface area contributed by atoms with E-state index in [1.165, 1.54) is 5.69 Å². The van der Waals surface area contributed by atoms with Crippen LogP contribution in [-0.4, -0.2) is 101 Å². The third-order valence-electron chi connectivity index (χ3n) is 5.98. The van der Waals surface area contributed by atoms with Crippen molar-refractivity contribution in [3.63, 3.8) is 0 Å². The van der Waals surface area contributed by atoms with Crippen molar-refractivity contribution in [2.45, 2.75) is 10.7 Å². The maximum absolute atomic E-state index is 5.64. The van der Waals surface area contributed by atoms with E-state index in [2.05, 4.69) is 58.6 Å². The molecule has 1 aliphatic rings. The molecule has 1 aromatic rings. The van der Waals surface area contributed by atoms with Gasteiger partial charge in [-0.15, -0.1) is 0 Å². The number of nitrogens with zero attached hydrogens (tertiary/aromatic N) is 2. The fourth-order valence-corrected chi connectivity index (χ4v) is 3.22. The molecule has 1 aromatic carbocycles. The highest BCUT2D eigenvalue weighted by atomic mass is 16.5. The van der Waals surface area contributed by atoms with Gasteiger partial charge >= 0.3 is 0 Å². The largest absolute Gasteiger partial charge is 0.491 e. The minimum Gasteiger partial charge on any atom is -0.491 e. The van der Waals surface area contributed by atoms with Crippen LogP contribution >= 0.6 is 0 Å². The second-order valence-electron chi connectivity index (χ2n) is 7.74. The minimum absolute atomic E-state index is 0.0658. The molecule has 5 nitrogen and oxygen atoms in total. The summed E-state index contributed by atoms with van der Waals surface area (Å²) in [5.74, 6) is 0.899. The Morgan fingerprint density at radius 2 is 1.60 bits per heavy atom. The van der Waals surface area contributed by atoms with Crippen molar-refractivity contribution in [2.75, 3.05) is 58.5 Å². The molecule has 1 N–H and O–H groups in total. The Balaban J connectivity index is 1.91. The zero-order chi connectivity index (χ0) is 18.5. The number of nitrogens with one attached hydrogen (secondary N) is 1. The van der Waals surface area contributed by atoms with Crippen molar-refractivity contribution in [3.05, 3.63) is 24.3 Å². The fraction of sp³-hybridized carbons (Fsp3) is 0.625. The van der Waals surface area contributed by atoms with Crippen LogP contribution in [0.5, 0.6) is 5.75 Å². The van der Waals surface area contributed by atoms with Crippen LogP contribution in [0.3, 0.4) is 0 Å². The van der Waals surface area contributed by atoms with Gasteiger partial charge in [-0.2, -0.15) is 0 Å². The number of hydrogen-bond donors (Lipinski definition) is 1. The number of ether oxygens (including phenoxy) is 2. The molecule has 0 spiro atoms. The molecule has 9 heteroatoms. The number of benzene rings is 1. The van der Waals surface area contributed by atoms with E-state index in [-0.39, 0.29) is 10.7 Å². The molecule has 0 saturated carbocycles. The number of methoxy groups -OCH3 is 1. The quantitative estimate of drug-likeness (QED) is 0.401. The summed E-state index contributed by atoms with van der Waals surface area (Å²) >= 11 is 0. The van der Waals surface area contributed by atoms with Crippen LogP contribution in [0.15, 0.2) is 24.3 Å². The molecule has 0 unspecified atom stereocenters. The standard InChI is InChI=1S/C16H31B4N3O2/c1-21-15(17,18)16(19,20)23-9-7-22(8-10-23)13-3-5-14(6-4-13)25-12-11-24-2/h3-6,21H,7-12,17-20H2,1-2H3. The Bertz CT molecular complexity index is 535. The first-order valence-corrected chi connectivity index (χ1v) is 9.22. The summed E-state index contributed by atoms with van der Waals surface area (Å²) in [6, 6.07) is 8.40. The lowest BCUT2D eigenvalue weighted by atomic mass is 9.37. The number of likely N-dealkylation sites (N-methyl/N-ethyl adjacent to an activating group) is 1. The van der Waals surface area contributed by atoms with Crippen LogP contribution in [-0.2, 0) is 4.74 Å². The maximum Gasteiger partial charge on any atom is 0.119 e. The van der Waals surface area contributed by atoms with Crippen LogP contribution < -0.4 is 15.0 Å². The highest BCUT2D eigenvalue weighted by Gasteiger charge is 2.40. The lowest BCUT2D eigenvalue weighted by molar-refractivity contribution is 0.146. The Labute approximate surface area is 156 Å². The van der Waals surface area contributed by atoms with E-state index in [1.54, 1.807) is 7.11 Å². The van der Waals surface area contributed by atoms with Crippen molar-refractivity contribution < 1.29 is 9.47 Å². The van der Waals surface area contributed by atoms with Crippen LogP contribution in [0.2, 0.25) is 0 Å². The highest BCUT2D eigenvalue weighted by molar-refractivity contribution is 6.54. The Hall–Kier alpha value is -1.04. The third kappa shape index (κ3) is 4.78. The van der Waals surface area contributed by atoms with Crippen LogP contribution in [0.4, 0.5) is 5.69 Å². The summed E-state index contributed by atoms with van der Waals surface area (Å²) < 4.78 is 10.7. The molecule has 0 aromatic heterocycles. The van der Waals surface area contributed by atoms with Crippen LogP contribution in [0.25, 0.3) is 0 Å². The molecular formula is C16H31B4N3O2. The lowest BCUT2D eigenvalue weighted by Gasteiger charge is -2.53. The summed E-state index contributed by atoms with van der Waals surface area (Å²) in [5, 5.41) is 3.64. The van der Waals surface area contributed by atoms with Gasteiger partial charge in [0.15, 0.2) is 0 Å². The number of anilines is 1. The molecule has 0 amide bonds. The Kier molecular flexibility index (Phi) is 6.94. The van der Waals surface area contributed by atoms with E-state index in [0.29, 0.717) is 13.2 Å². The van der Waals surface area contributed by atoms with Gasteiger partial charge in [-0.05, 0) is 42.0 Å². The average Bonchev–Trinajstić information content (AvgIpc) is 2.62. The van der Waals surface area contributed by atoms with Crippen molar-refractivity contribution in [2.24, 2.45) is 0 Å². The van der Waals surface area contributed by atoms with Crippen molar-refractivity contribution in [3.8, 4) is 5.75 Å². The molecule has 25 heavy (non-hydrogen) atoms. The number of hydrogen-bond acceptors (Lipinski definition) is 5. The second-order valence-corrected chi connectivity index (χ2v) is 7.74. The molecule has 134 valence electrons. The summed E-state index contributed by atoms with van der Waals surface area (Å²) in [6.45, 7) is 5.45. The normalized spacial score (nSPS) is 16.8. The number of rotatable bonds is 8. The predicted molar refractivity (Wildman–Crippen MR) is 116 cm³/mol. The topological polar surface area (TPSA) is 37.0 Å². The van der Waals surface area contributed by atoms with E-state index >= 15 is 0 Å². The van der Waals surface area contributed by atoms with Gasteiger partial charge in [-0.1, -0.05) is 0 Å². The van der Waals surface area contributed by atoms with Crippen molar-refractivity contribution >= 4 is 37.1 Å². The minimum atomic E-state index is 0.0658. The van der Waals surface area contributed by atoms with Crippen LogP contribution in [0.1, 0.15) is 0 Å². The summed E-state index contributed by atoms with van der Waals surface area (Å²) in [4.78, 5) is 5.06. The molecule has 0 atom stereocenters. The molecular weight excluding hydrogens is 309 g/mol. The van der Waals surface area contributed by atoms with Gasteiger partial charge in [-0.3, -0.25) is 0 Å². The van der Waals surface area contributed by atoms with E-state index in [9.17, 15) is 0 Å². The molecule has 0 radical (unpaired) electrons. The average molecular weight is 341 g/mol. The maximum atomic E-state index is 5.64. The number of piperazine rings is 1. The third-order valence-corrected chi connectivity index (χ3v) is 5.98. The summed E-state index contributed by atoms with van der Waals surface area (Å²) in [7, 11) is 13.0. The zero-order valence-corrected chi connectivity index (χ0v) is 16.8. The molecule has 1 fully saturated rings. The van der Waals surface area contributed by atoms with Gasteiger partial charge in [0.1, 0.15) is 43.7 Å². The molecule has 0 aliphatic carbocycles. The molecule has 2 rings (SSSR count). The van der Waals surface area contributed by atoms with E-state index in [0.717, 1.165) is 31.9 Å². The van der Waals surface area contributed by atoms with Gasteiger partial charge in [0, 0.05) is 39.0 Å². The first-order valence-electron chi connectivity index (χ1n) is 9.22. The molecule has 0 bridgehead atoms. The van der Waals surface area contributed by atoms with Gasteiger partial charge in [-0.25, -0.2) is 0 Å². The van der Waals surface area contributed by atoms with Crippen molar-refractivity contribution in [1.29, 1.82) is 0 Å². The smallest absolute Gasteiger partial charge is 0.119 e.